The lowest BCUT2D eigenvalue weighted by Gasteiger charge is -2.17. The van der Waals surface area contributed by atoms with Crippen LogP contribution in [-0.4, -0.2) is 42.0 Å². The molecule has 154 valence electrons. The number of nitro groups is 1. The summed E-state index contributed by atoms with van der Waals surface area (Å²) >= 11 is 0. The number of carbonyl (C=O) groups is 2. The number of hydrogen-bond donors (Lipinski definition) is 1. The third-order valence-electron chi connectivity index (χ3n) is 4.50. The Morgan fingerprint density at radius 2 is 1.90 bits per heavy atom. The van der Waals surface area contributed by atoms with Gasteiger partial charge in [0, 0.05) is 17.9 Å². The fraction of sp³-hybridized carbons (Fsp3) is 0.190. The first-order valence-electron chi connectivity index (χ1n) is 8.98. The van der Waals surface area contributed by atoms with Crippen LogP contribution < -0.4 is 10.1 Å². The molecule has 0 unspecified atom stereocenters. The molecule has 1 amide bonds. The Morgan fingerprint density at radius 3 is 2.60 bits per heavy atom. The second-order valence-electron chi connectivity index (χ2n) is 6.41. The molecule has 1 aromatic heterocycles. The Kier molecular flexibility index (Phi) is 6.21. The number of hydrogen-bond acceptors (Lipinski definition) is 7. The number of nitrogens with zero attached hydrogens (tertiary/aromatic N) is 2. The Hall–Kier alpha value is -4.01. The van der Waals surface area contributed by atoms with E-state index in [-0.39, 0.29) is 23.6 Å². The molecule has 0 aliphatic rings. The van der Waals surface area contributed by atoms with Crippen molar-refractivity contribution in [1.82, 2.24) is 10.3 Å². The lowest BCUT2D eigenvalue weighted by atomic mass is 10.0. The average Bonchev–Trinajstić information content (AvgIpc) is 2.77. The molecule has 0 bridgehead atoms. The number of ether oxygens (including phenoxy) is 2. The van der Waals surface area contributed by atoms with Gasteiger partial charge in [0.05, 0.1) is 24.7 Å². The molecule has 0 saturated heterocycles. The minimum atomic E-state index is -1.05. The molecule has 0 saturated carbocycles. The van der Waals surface area contributed by atoms with E-state index in [2.05, 4.69) is 10.3 Å². The van der Waals surface area contributed by atoms with Crippen molar-refractivity contribution >= 4 is 28.5 Å². The van der Waals surface area contributed by atoms with Crippen molar-refractivity contribution in [2.24, 2.45) is 0 Å². The van der Waals surface area contributed by atoms with Crippen LogP contribution in [0.3, 0.4) is 0 Å². The van der Waals surface area contributed by atoms with Gasteiger partial charge in [-0.3, -0.25) is 14.9 Å². The monoisotopic (exact) mass is 409 g/mol. The number of pyridine rings is 1. The van der Waals surface area contributed by atoms with Gasteiger partial charge in [-0.15, -0.1) is 0 Å². The van der Waals surface area contributed by atoms with Crippen LogP contribution in [0.2, 0.25) is 0 Å². The molecule has 3 aromatic rings. The van der Waals surface area contributed by atoms with E-state index in [9.17, 15) is 19.7 Å². The van der Waals surface area contributed by atoms with E-state index in [1.54, 1.807) is 24.3 Å². The molecule has 0 radical (unpaired) electrons. The average molecular weight is 409 g/mol. The summed E-state index contributed by atoms with van der Waals surface area (Å²) in [6.45, 7) is 0. The number of nitro benzene ring substituents is 1. The highest BCUT2D eigenvalue weighted by Crippen LogP contribution is 2.28. The maximum absolute atomic E-state index is 12.7. The molecule has 2 aromatic carbocycles. The molecule has 1 N–H and O–H groups in total. The van der Waals surface area contributed by atoms with Crippen LogP contribution in [0.5, 0.6) is 5.75 Å². The molecule has 1 atom stereocenters. The summed E-state index contributed by atoms with van der Waals surface area (Å²) in [5.74, 6) is -1.13. The van der Waals surface area contributed by atoms with Gasteiger partial charge >= 0.3 is 11.7 Å². The summed E-state index contributed by atoms with van der Waals surface area (Å²) in [5.41, 5.74) is 1.01. The van der Waals surface area contributed by atoms with Gasteiger partial charge in [-0.05, 0) is 23.8 Å². The quantitative estimate of drug-likeness (QED) is 0.362. The highest BCUT2D eigenvalue weighted by atomic mass is 16.6. The van der Waals surface area contributed by atoms with Crippen LogP contribution in [0.25, 0.3) is 10.9 Å². The number of benzene rings is 2. The normalized spacial score (nSPS) is 11.5. The Bertz CT molecular complexity index is 1110. The van der Waals surface area contributed by atoms with Crippen LogP contribution >= 0.6 is 0 Å². The largest absolute Gasteiger partial charge is 0.490 e. The highest BCUT2D eigenvalue weighted by molar-refractivity contribution is 5.97. The van der Waals surface area contributed by atoms with Crippen LogP contribution in [-0.2, 0) is 16.0 Å². The van der Waals surface area contributed by atoms with Gasteiger partial charge in [-0.2, -0.15) is 0 Å². The Labute approximate surface area is 171 Å². The number of amides is 1. The summed E-state index contributed by atoms with van der Waals surface area (Å²) in [6, 6.07) is 13.9. The van der Waals surface area contributed by atoms with Gasteiger partial charge < -0.3 is 14.8 Å². The number of esters is 1. The molecule has 9 heteroatoms. The van der Waals surface area contributed by atoms with Crippen molar-refractivity contribution in [2.45, 2.75) is 12.5 Å². The third kappa shape index (κ3) is 4.52. The molecule has 30 heavy (non-hydrogen) atoms. The van der Waals surface area contributed by atoms with E-state index in [4.69, 9.17) is 9.47 Å². The zero-order chi connectivity index (χ0) is 21.7. The maximum atomic E-state index is 12.7. The maximum Gasteiger partial charge on any atom is 0.328 e. The number of nitrogens with one attached hydrogen (secondary N) is 1. The summed E-state index contributed by atoms with van der Waals surface area (Å²) in [6.07, 6.45) is -0.00315. The number of para-hydroxylation sites is 1. The SMILES string of the molecule is COC(=O)[C@@H](Cc1ccc(OC)c([N+](=O)[O-])c1)NC(=O)c1ccc2ccccc2n1. The molecule has 9 nitrogen and oxygen atoms in total. The Balaban J connectivity index is 1.84. The predicted octanol–water partition coefficient (Wildman–Crippen LogP) is 2.67. The van der Waals surface area contributed by atoms with Crippen molar-refractivity contribution < 1.29 is 24.0 Å². The number of methoxy groups -OCH3 is 2. The zero-order valence-electron chi connectivity index (χ0n) is 16.3. The van der Waals surface area contributed by atoms with Crippen LogP contribution in [0.15, 0.2) is 54.6 Å². The second-order valence-corrected chi connectivity index (χ2v) is 6.41. The number of fused-ring (bicyclic) bond motifs is 1. The molecule has 1 heterocycles. The molecule has 0 aliphatic carbocycles. The van der Waals surface area contributed by atoms with E-state index >= 15 is 0 Å². The lowest BCUT2D eigenvalue weighted by molar-refractivity contribution is -0.385. The predicted molar refractivity (Wildman–Crippen MR) is 108 cm³/mol. The first kappa shape index (κ1) is 20.7. The molecular weight excluding hydrogens is 390 g/mol. The first-order chi connectivity index (χ1) is 14.4. The van der Waals surface area contributed by atoms with Crippen molar-refractivity contribution in [3.05, 3.63) is 76.0 Å². The molecule has 0 aliphatic heterocycles. The minimum Gasteiger partial charge on any atom is -0.490 e. The molecule has 0 fully saturated rings. The smallest absolute Gasteiger partial charge is 0.328 e. The standard InChI is InChI=1S/C21H19N3O6/c1-29-19-10-7-13(12-18(19)24(27)28)11-17(21(26)30-2)23-20(25)16-9-8-14-5-3-4-6-15(14)22-16/h3-10,12,17H,11H2,1-2H3,(H,23,25)/t17-/m1/s1. The first-order valence-corrected chi connectivity index (χ1v) is 8.98. The van der Waals surface area contributed by atoms with Gasteiger partial charge in [-0.25, -0.2) is 9.78 Å². The van der Waals surface area contributed by atoms with Gasteiger partial charge in [0.2, 0.25) is 0 Å². The van der Waals surface area contributed by atoms with Crippen LogP contribution in [0, 0.1) is 10.1 Å². The summed E-state index contributed by atoms with van der Waals surface area (Å²) in [5, 5.41) is 14.7. The second kappa shape index (κ2) is 8.99. The van der Waals surface area contributed by atoms with E-state index in [1.165, 1.54) is 26.4 Å². The topological polar surface area (TPSA) is 121 Å². The van der Waals surface area contributed by atoms with Gasteiger partial charge in [0.25, 0.3) is 5.91 Å². The van der Waals surface area contributed by atoms with Crippen molar-refractivity contribution in [1.29, 1.82) is 0 Å². The van der Waals surface area contributed by atoms with E-state index in [1.807, 2.05) is 18.2 Å². The summed E-state index contributed by atoms with van der Waals surface area (Å²) in [4.78, 5) is 39.9. The highest BCUT2D eigenvalue weighted by Gasteiger charge is 2.25. The third-order valence-corrected chi connectivity index (χ3v) is 4.50. The molecule has 3 rings (SSSR count). The fourth-order valence-electron chi connectivity index (χ4n) is 3.00. The van der Waals surface area contributed by atoms with Crippen LogP contribution in [0.1, 0.15) is 16.1 Å². The summed E-state index contributed by atoms with van der Waals surface area (Å²) in [7, 11) is 2.53. The van der Waals surface area contributed by atoms with Crippen molar-refractivity contribution in [3.63, 3.8) is 0 Å². The minimum absolute atomic E-state index is 0.00315. The lowest BCUT2D eigenvalue weighted by Crippen LogP contribution is -2.43. The van der Waals surface area contributed by atoms with E-state index in [0.717, 1.165) is 5.39 Å². The number of carbonyl (C=O) groups excluding carboxylic acids is 2. The number of aromatic nitrogens is 1. The van der Waals surface area contributed by atoms with Gasteiger partial charge in [-0.1, -0.05) is 30.3 Å². The molecule has 0 spiro atoms. The number of rotatable bonds is 7. The zero-order valence-corrected chi connectivity index (χ0v) is 16.3. The van der Waals surface area contributed by atoms with Crippen molar-refractivity contribution in [3.8, 4) is 5.75 Å². The van der Waals surface area contributed by atoms with E-state index in [0.29, 0.717) is 11.1 Å². The Morgan fingerprint density at radius 1 is 1.13 bits per heavy atom. The fourth-order valence-corrected chi connectivity index (χ4v) is 3.00. The van der Waals surface area contributed by atoms with Gasteiger partial charge in [0.1, 0.15) is 11.7 Å². The van der Waals surface area contributed by atoms with E-state index < -0.39 is 22.8 Å². The molecular formula is C21H19N3O6. The van der Waals surface area contributed by atoms with Crippen LogP contribution in [0.4, 0.5) is 5.69 Å². The van der Waals surface area contributed by atoms with Crippen molar-refractivity contribution in [2.75, 3.05) is 14.2 Å². The van der Waals surface area contributed by atoms with Gasteiger partial charge in [0.15, 0.2) is 5.75 Å². The summed E-state index contributed by atoms with van der Waals surface area (Å²) < 4.78 is 9.76.